The molecular weight excluding hydrogens is 1130 g/mol. The maximum Gasteiger partial charge on any atom is 0.306 e. The second-order valence-corrected chi connectivity index (χ2v) is 25.7. The van der Waals surface area contributed by atoms with Crippen molar-refractivity contribution in [3.8, 4) is 0 Å². The normalized spacial score (nSPS) is 14.6. The molecule has 0 aliphatic rings. The van der Waals surface area contributed by atoms with E-state index in [-0.39, 0.29) is 42.7 Å². The molecule has 0 fully saturated rings. The Bertz CT molecular complexity index is 1540. The molecule has 0 spiro atoms. The highest BCUT2D eigenvalue weighted by Gasteiger charge is 2.20. The van der Waals surface area contributed by atoms with Crippen LogP contribution in [0.1, 0.15) is 306 Å². The van der Waals surface area contributed by atoms with E-state index in [1.54, 1.807) is 14.2 Å². The first kappa shape index (κ1) is 92.5. The van der Waals surface area contributed by atoms with Crippen LogP contribution >= 0.6 is 0 Å². The third-order valence-corrected chi connectivity index (χ3v) is 16.6. The van der Waals surface area contributed by atoms with Gasteiger partial charge < -0.3 is 64.6 Å². The van der Waals surface area contributed by atoms with E-state index in [0.717, 1.165) is 102 Å². The first-order chi connectivity index (χ1) is 42.8. The number of nitrogens with zero attached hydrogens (tertiary/aromatic N) is 2. The predicted octanol–water partition coefficient (Wildman–Crippen LogP) is 14.2. The molecule has 0 saturated heterocycles. The molecule has 0 amide bonds. The van der Waals surface area contributed by atoms with Crippen LogP contribution in [0.4, 0.5) is 0 Å². The van der Waals surface area contributed by atoms with Gasteiger partial charge in [-0.25, -0.2) is 0 Å². The van der Waals surface area contributed by atoms with Crippen molar-refractivity contribution in [2.45, 2.75) is 355 Å². The molecule has 0 aliphatic heterocycles. The molecule has 0 aromatic heterocycles. The van der Waals surface area contributed by atoms with Gasteiger partial charge in [0.25, 0.3) is 6.47 Å². The van der Waals surface area contributed by atoms with Crippen LogP contribution in [0.5, 0.6) is 0 Å². The smallest absolute Gasteiger partial charge is 0.306 e. The van der Waals surface area contributed by atoms with Crippen molar-refractivity contribution in [2.75, 3.05) is 60.5 Å². The number of hydrogen-bond acceptors (Lipinski definition) is 16. The fraction of sp³-hybridized carbons (Fsp3) is 0.917. The zero-order valence-electron chi connectivity index (χ0n) is 59.6. The van der Waals surface area contributed by atoms with Crippen molar-refractivity contribution in [3.63, 3.8) is 0 Å². The number of carbonyl (C=O) groups is 6. The molecule has 530 valence electrons. The monoisotopic (exact) mass is 1270 g/mol. The fourth-order valence-corrected chi connectivity index (χ4v) is 10.8. The van der Waals surface area contributed by atoms with E-state index < -0.39 is 18.3 Å². The summed E-state index contributed by atoms with van der Waals surface area (Å²) in [5.41, 5.74) is 0. The summed E-state index contributed by atoms with van der Waals surface area (Å²) >= 11 is 0. The van der Waals surface area contributed by atoms with E-state index in [9.17, 15) is 39.3 Å². The zero-order chi connectivity index (χ0) is 67.6. The van der Waals surface area contributed by atoms with Crippen LogP contribution in [0.2, 0.25) is 0 Å². The Morgan fingerprint density at radius 3 is 1.11 bits per heavy atom. The lowest BCUT2D eigenvalue weighted by molar-refractivity contribution is -0.149. The molecule has 0 radical (unpaired) electrons. The zero-order valence-corrected chi connectivity index (χ0v) is 59.6. The number of rotatable bonds is 61. The van der Waals surface area contributed by atoms with Gasteiger partial charge in [0.1, 0.15) is 18.9 Å². The van der Waals surface area contributed by atoms with Gasteiger partial charge in [-0.05, 0) is 163 Å². The number of ether oxygens (including phenoxy) is 3. The number of hydrogen-bond donors (Lipinski definition) is 6. The van der Waals surface area contributed by atoms with Crippen LogP contribution in [-0.2, 0) is 43.0 Å². The second-order valence-electron chi connectivity index (χ2n) is 25.7. The lowest BCUT2D eigenvalue weighted by atomic mass is 9.94. The Labute approximate surface area is 546 Å². The van der Waals surface area contributed by atoms with Crippen LogP contribution in [-0.4, -0.2) is 177 Å². The van der Waals surface area contributed by atoms with Gasteiger partial charge in [-0.15, -0.1) is 0 Å². The number of methoxy groups -OCH3 is 1. The lowest BCUT2D eigenvalue weighted by Crippen LogP contribution is -2.39. The van der Waals surface area contributed by atoms with Gasteiger partial charge in [-0.1, -0.05) is 164 Å². The first-order valence-electron chi connectivity index (χ1n) is 36.0. The van der Waals surface area contributed by atoms with Gasteiger partial charge in [0.15, 0.2) is 0 Å². The highest BCUT2D eigenvalue weighted by atomic mass is 16.5. The van der Waals surface area contributed by atoms with Crippen LogP contribution in [0.3, 0.4) is 0 Å². The summed E-state index contributed by atoms with van der Waals surface area (Å²) < 4.78 is 16.2. The van der Waals surface area contributed by atoms with E-state index in [1.807, 2.05) is 25.8 Å². The molecule has 0 heterocycles. The van der Waals surface area contributed by atoms with Crippen LogP contribution < -0.4 is 10.6 Å². The molecule has 17 nitrogen and oxygen atoms in total. The number of aliphatic hydroxyl groups is 3. The molecule has 17 heteroatoms. The number of carboxylic acid groups (broad SMARTS) is 1. The number of likely N-dealkylation sites (N-methyl/N-ethyl adjacent to an activating group) is 2. The number of carbonyl (C=O) groups excluding carboxylic acids is 5. The molecule has 6 N–H and O–H groups in total. The number of nitrogens with one attached hydrogen (secondary N) is 2. The Morgan fingerprint density at radius 2 is 0.753 bits per heavy atom. The van der Waals surface area contributed by atoms with Gasteiger partial charge >= 0.3 is 11.9 Å². The van der Waals surface area contributed by atoms with Crippen molar-refractivity contribution in [1.29, 1.82) is 0 Å². The summed E-state index contributed by atoms with van der Waals surface area (Å²) in [6.07, 6.45) is 39.8. The summed E-state index contributed by atoms with van der Waals surface area (Å²) in [4.78, 5) is 69.8. The number of unbranched alkanes of at least 4 members (excludes halogenated alkanes) is 15. The van der Waals surface area contributed by atoms with Gasteiger partial charge in [-0.2, -0.15) is 0 Å². The van der Waals surface area contributed by atoms with E-state index in [0.29, 0.717) is 96.0 Å². The van der Waals surface area contributed by atoms with Gasteiger partial charge in [-0.3, -0.25) is 19.3 Å². The van der Waals surface area contributed by atoms with E-state index >= 15 is 0 Å². The van der Waals surface area contributed by atoms with Crippen molar-refractivity contribution in [1.82, 2.24) is 20.4 Å². The van der Waals surface area contributed by atoms with Gasteiger partial charge in [0, 0.05) is 52.6 Å². The van der Waals surface area contributed by atoms with Crippen molar-refractivity contribution >= 4 is 37.3 Å². The molecule has 0 aromatic carbocycles. The molecular formula is C72H144N4O13. The Kier molecular flexibility index (Phi) is 73.8. The van der Waals surface area contributed by atoms with Crippen LogP contribution in [0, 0.1) is 11.8 Å². The molecule has 0 saturated carbocycles. The molecule has 0 rings (SSSR count). The number of aldehydes is 3. The Hall–Kier alpha value is -2.90. The second kappa shape index (κ2) is 71.0. The first-order valence-corrected chi connectivity index (χ1v) is 36.0. The predicted molar refractivity (Wildman–Crippen MR) is 368 cm³/mol. The van der Waals surface area contributed by atoms with Gasteiger partial charge in [0.05, 0.1) is 48.7 Å². The summed E-state index contributed by atoms with van der Waals surface area (Å²) in [6, 6.07) is -0.225. The van der Waals surface area contributed by atoms with Crippen LogP contribution in [0.25, 0.3) is 0 Å². The highest BCUT2D eigenvalue weighted by Crippen LogP contribution is 2.21. The quantitative estimate of drug-likeness (QED) is 0.0188. The Balaban J connectivity index is -0.000000680. The fourth-order valence-electron chi connectivity index (χ4n) is 10.8. The molecule has 10 atom stereocenters. The minimum absolute atomic E-state index is 0.0213. The maximum atomic E-state index is 12.3. The van der Waals surface area contributed by atoms with Crippen LogP contribution in [0.15, 0.2) is 0 Å². The summed E-state index contributed by atoms with van der Waals surface area (Å²) in [6.45, 7) is 23.5. The molecule has 0 aliphatic carbocycles. The third-order valence-electron chi connectivity index (χ3n) is 16.6. The topological polar surface area (TPSA) is 242 Å². The average Bonchev–Trinajstić information content (AvgIpc) is 3.52. The van der Waals surface area contributed by atoms with E-state index in [1.165, 1.54) is 122 Å². The van der Waals surface area contributed by atoms with E-state index in [2.05, 4.69) is 64.0 Å². The molecule has 0 bridgehead atoms. The number of esters is 2. The average molecular weight is 1270 g/mol. The SMILES string of the molecule is CCCCCCC(C)CCCC(C)CN(CCCCC(C=O)NC)CC(O)CCCC(=O)OC(C)CCCCCC.CCCCCCC(C)OC.CCCCCCC(C)OC(=O)CCCC(O)CN(CCCCC(C=O)NC)CC(O)CCCC=O.O=CO. The largest absolute Gasteiger partial charge is 0.483 e. The minimum atomic E-state index is -0.600. The molecule has 89 heavy (non-hydrogen) atoms. The minimum Gasteiger partial charge on any atom is -0.483 e. The third kappa shape index (κ3) is 69.3. The van der Waals surface area contributed by atoms with Gasteiger partial charge in [0.2, 0.25) is 0 Å². The maximum absolute atomic E-state index is 12.3. The number of aliphatic hydroxyl groups excluding tert-OH is 3. The Morgan fingerprint density at radius 1 is 0.416 bits per heavy atom. The van der Waals surface area contributed by atoms with Crippen molar-refractivity contribution in [2.24, 2.45) is 11.8 Å². The summed E-state index contributed by atoms with van der Waals surface area (Å²) in [5, 5.41) is 44.6. The van der Waals surface area contributed by atoms with Crippen molar-refractivity contribution < 1.29 is 63.4 Å². The molecule has 10 unspecified atom stereocenters. The van der Waals surface area contributed by atoms with Crippen molar-refractivity contribution in [3.05, 3.63) is 0 Å². The molecule has 0 aromatic rings. The summed E-state index contributed by atoms with van der Waals surface area (Å²) in [5.74, 6) is 1.05. The lowest BCUT2D eigenvalue weighted by Gasteiger charge is -2.28. The van der Waals surface area contributed by atoms with E-state index in [4.69, 9.17) is 24.1 Å². The highest BCUT2D eigenvalue weighted by molar-refractivity contribution is 5.69. The standard InChI is InChI=1S/C35H70N2O4.C27H52N2O6.C9H20O.CH2O2/c1-7-9-11-13-19-30(3)20-17-21-31(4)27-37(26-16-15-23-33(29-38)36-6)28-34(39)24-18-25-35(40)41-32(5)22-14-12-10-8-2;1-4-5-6-7-13-23(2)35-27(34)17-12-16-26(33)21-29(20-25(32)15-9-11-19-30)18-10-8-14-24(22-31)28-3;1-4-5-6-7-8-9(2)10-3;2-1-3/h29-34,36,39H,7-28H2,1-6H3;19,22-26,28,32-33H,4-18,20-21H2,1-3H3;9H,4-8H2,1-3H3;1H,(H,2,3). The summed E-state index contributed by atoms with van der Waals surface area (Å²) in [7, 11) is 5.38.